The van der Waals surface area contributed by atoms with Gasteiger partial charge >= 0.3 is 0 Å². The number of thioether (sulfide) groups is 1. The lowest BCUT2D eigenvalue weighted by molar-refractivity contribution is 0.249. The second-order valence-electron chi connectivity index (χ2n) is 7.60. The number of para-hydroxylation sites is 1. The van der Waals surface area contributed by atoms with Crippen LogP contribution in [0.2, 0.25) is 0 Å². The minimum absolute atomic E-state index is 0.00826. The van der Waals surface area contributed by atoms with E-state index in [4.69, 9.17) is 9.98 Å². The molecule has 2 aliphatic rings. The number of rotatable bonds is 4. The highest BCUT2D eigenvalue weighted by atomic mass is 32.2. The number of aromatic nitrogens is 3. The highest BCUT2D eigenvalue weighted by Crippen LogP contribution is 2.49. The highest BCUT2D eigenvalue weighted by molar-refractivity contribution is 8.14. The first kappa shape index (κ1) is 18.2. The lowest BCUT2D eigenvalue weighted by Gasteiger charge is -2.32. The van der Waals surface area contributed by atoms with Gasteiger partial charge in [0.1, 0.15) is 12.1 Å². The van der Waals surface area contributed by atoms with E-state index in [0.717, 1.165) is 33.7 Å². The fourth-order valence-electron chi connectivity index (χ4n) is 4.44. The molecule has 1 fully saturated rings. The minimum Gasteiger partial charge on any atom is -0.337 e. The van der Waals surface area contributed by atoms with Crippen molar-refractivity contribution in [3.63, 3.8) is 0 Å². The molecule has 0 unspecified atom stereocenters. The standard InChI is InChI=1S/C23H21N5S2/c1-2-15-14-29-23-26-20(17-9-5-6-12-24-17)21(28(15)23)18-10-7-13-27(18)22-25-16-8-3-4-11-19(16)30-22/h3-13,15,20-21H,2,14H2,1H3/t15-,20-,21-/m1/s1. The molecule has 5 heterocycles. The zero-order valence-electron chi connectivity index (χ0n) is 16.5. The molecular formula is C23H21N5S2. The van der Waals surface area contributed by atoms with E-state index in [1.165, 1.54) is 10.4 Å². The van der Waals surface area contributed by atoms with Crippen molar-refractivity contribution in [2.75, 3.05) is 5.75 Å². The summed E-state index contributed by atoms with van der Waals surface area (Å²) in [4.78, 5) is 17.3. The Balaban J connectivity index is 1.49. The number of hydrogen-bond donors (Lipinski definition) is 0. The van der Waals surface area contributed by atoms with Gasteiger partial charge in [0.25, 0.3) is 0 Å². The van der Waals surface area contributed by atoms with Gasteiger partial charge in [-0.15, -0.1) is 0 Å². The van der Waals surface area contributed by atoms with Gasteiger partial charge in [-0.1, -0.05) is 48.2 Å². The summed E-state index contributed by atoms with van der Waals surface area (Å²) < 4.78 is 3.46. The van der Waals surface area contributed by atoms with Crippen LogP contribution in [0.5, 0.6) is 0 Å². The first-order valence-electron chi connectivity index (χ1n) is 10.3. The molecule has 2 aliphatic heterocycles. The molecule has 1 aromatic carbocycles. The Kier molecular flexibility index (Phi) is 4.39. The lowest BCUT2D eigenvalue weighted by Crippen LogP contribution is -2.36. The molecule has 30 heavy (non-hydrogen) atoms. The van der Waals surface area contributed by atoms with Crippen LogP contribution >= 0.6 is 23.1 Å². The van der Waals surface area contributed by atoms with Crippen LogP contribution < -0.4 is 0 Å². The first-order valence-corrected chi connectivity index (χ1v) is 12.1. The minimum atomic E-state index is -0.00826. The van der Waals surface area contributed by atoms with Crippen molar-refractivity contribution in [2.24, 2.45) is 4.99 Å². The molecule has 0 bridgehead atoms. The summed E-state index contributed by atoms with van der Waals surface area (Å²) in [5, 5.41) is 2.16. The van der Waals surface area contributed by atoms with Crippen molar-refractivity contribution >= 4 is 38.5 Å². The number of nitrogens with zero attached hydrogens (tertiary/aromatic N) is 5. The molecular weight excluding hydrogens is 410 g/mol. The highest BCUT2D eigenvalue weighted by Gasteiger charge is 2.46. The van der Waals surface area contributed by atoms with E-state index in [1.807, 2.05) is 30.1 Å². The third kappa shape index (κ3) is 2.80. The van der Waals surface area contributed by atoms with Crippen LogP contribution in [0.4, 0.5) is 0 Å². The molecule has 3 atom stereocenters. The van der Waals surface area contributed by atoms with Crippen LogP contribution in [0.15, 0.2) is 72.0 Å². The van der Waals surface area contributed by atoms with Crippen molar-refractivity contribution < 1.29 is 0 Å². The van der Waals surface area contributed by atoms with E-state index in [9.17, 15) is 0 Å². The molecule has 7 heteroatoms. The zero-order chi connectivity index (χ0) is 20.1. The van der Waals surface area contributed by atoms with Crippen molar-refractivity contribution in [1.29, 1.82) is 0 Å². The van der Waals surface area contributed by atoms with Crippen LogP contribution in [0.1, 0.15) is 36.8 Å². The van der Waals surface area contributed by atoms with E-state index in [2.05, 4.69) is 70.0 Å². The SMILES string of the molecule is CC[C@@H]1CSC2=N[C@H](c3ccccn3)[C@@H](c3cccn3-c3nc4ccccc4s3)N21. The molecule has 150 valence electrons. The maximum atomic E-state index is 5.15. The molecule has 0 radical (unpaired) electrons. The molecule has 0 amide bonds. The summed E-state index contributed by atoms with van der Waals surface area (Å²) in [6.45, 7) is 2.27. The average Bonchev–Trinajstić information content (AvgIpc) is 3.55. The van der Waals surface area contributed by atoms with Gasteiger partial charge in [0.05, 0.1) is 21.6 Å². The Morgan fingerprint density at radius 3 is 2.80 bits per heavy atom. The van der Waals surface area contributed by atoms with Crippen LogP contribution in [-0.4, -0.2) is 36.4 Å². The van der Waals surface area contributed by atoms with Gasteiger partial charge in [0, 0.05) is 24.2 Å². The topological polar surface area (TPSA) is 46.3 Å². The monoisotopic (exact) mass is 431 g/mol. The van der Waals surface area contributed by atoms with Crippen molar-refractivity contribution in [3.8, 4) is 5.13 Å². The van der Waals surface area contributed by atoms with Crippen molar-refractivity contribution in [1.82, 2.24) is 19.4 Å². The van der Waals surface area contributed by atoms with E-state index in [1.54, 1.807) is 11.3 Å². The second-order valence-corrected chi connectivity index (χ2v) is 9.60. The van der Waals surface area contributed by atoms with Gasteiger partial charge in [0.15, 0.2) is 10.3 Å². The summed E-state index contributed by atoms with van der Waals surface area (Å²) in [6.07, 6.45) is 5.11. The van der Waals surface area contributed by atoms with Crippen LogP contribution in [0.25, 0.3) is 15.3 Å². The number of fused-ring (bicyclic) bond motifs is 2. The fourth-order valence-corrected chi connectivity index (χ4v) is 6.75. The third-order valence-electron chi connectivity index (χ3n) is 5.90. The number of amidine groups is 1. The Bertz CT molecular complexity index is 1200. The second kappa shape index (κ2) is 7.25. The Morgan fingerprint density at radius 2 is 1.97 bits per heavy atom. The molecule has 0 N–H and O–H groups in total. The number of aliphatic imine (C=N–C) groups is 1. The van der Waals surface area contributed by atoms with Gasteiger partial charge < -0.3 is 4.90 Å². The molecule has 0 aliphatic carbocycles. The summed E-state index contributed by atoms with van der Waals surface area (Å²) in [5.74, 6) is 1.10. The first-order chi connectivity index (χ1) is 14.8. The number of hydrogen-bond acceptors (Lipinski definition) is 6. The fraction of sp³-hybridized carbons (Fsp3) is 0.261. The Morgan fingerprint density at radius 1 is 1.07 bits per heavy atom. The van der Waals surface area contributed by atoms with E-state index in [0.29, 0.717) is 6.04 Å². The molecule has 1 saturated heterocycles. The predicted molar refractivity (Wildman–Crippen MR) is 124 cm³/mol. The largest absolute Gasteiger partial charge is 0.337 e. The molecule has 0 spiro atoms. The molecule has 0 saturated carbocycles. The summed E-state index contributed by atoms with van der Waals surface area (Å²) in [5.41, 5.74) is 3.30. The van der Waals surface area contributed by atoms with Crippen molar-refractivity contribution in [3.05, 3.63) is 78.4 Å². The molecule has 3 aromatic heterocycles. The van der Waals surface area contributed by atoms with Gasteiger partial charge in [-0.25, -0.2) is 4.98 Å². The van der Waals surface area contributed by atoms with Gasteiger partial charge in [-0.05, 0) is 42.8 Å². The van der Waals surface area contributed by atoms with Crippen LogP contribution in [-0.2, 0) is 0 Å². The van der Waals surface area contributed by atoms with Gasteiger partial charge in [-0.3, -0.25) is 14.5 Å². The maximum Gasteiger partial charge on any atom is 0.194 e. The van der Waals surface area contributed by atoms with Crippen molar-refractivity contribution in [2.45, 2.75) is 31.5 Å². The van der Waals surface area contributed by atoms with Crippen LogP contribution in [0.3, 0.4) is 0 Å². The average molecular weight is 432 g/mol. The number of pyridine rings is 1. The Labute approximate surface area is 183 Å². The van der Waals surface area contributed by atoms with Crippen LogP contribution in [0, 0.1) is 0 Å². The number of benzene rings is 1. The zero-order valence-corrected chi connectivity index (χ0v) is 18.2. The number of thiazole rings is 1. The summed E-state index contributed by atoms with van der Waals surface area (Å²) in [6, 6.07) is 19.4. The summed E-state index contributed by atoms with van der Waals surface area (Å²) >= 11 is 3.61. The quantitative estimate of drug-likeness (QED) is 0.430. The molecule has 4 aromatic rings. The third-order valence-corrected chi connectivity index (χ3v) is 8.06. The predicted octanol–water partition coefficient (Wildman–Crippen LogP) is 5.46. The molecule has 6 rings (SSSR count). The maximum absolute atomic E-state index is 5.15. The molecule has 5 nitrogen and oxygen atoms in total. The Hall–Kier alpha value is -2.64. The van der Waals surface area contributed by atoms with Gasteiger partial charge in [0.2, 0.25) is 0 Å². The normalized spacial score (nSPS) is 23.2. The lowest BCUT2D eigenvalue weighted by atomic mass is 9.99. The van der Waals surface area contributed by atoms with E-state index < -0.39 is 0 Å². The van der Waals surface area contributed by atoms with Gasteiger partial charge in [-0.2, -0.15) is 0 Å². The smallest absolute Gasteiger partial charge is 0.194 e. The van der Waals surface area contributed by atoms with E-state index in [-0.39, 0.29) is 12.1 Å². The van der Waals surface area contributed by atoms with E-state index >= 15 is 0 Å². The summed E-state index contributed by atoms with van der Waals surface area (Å²) in [7, 11) is 0.